The Labute approximate surface area is 64.9 Å². The first-order valence-corrected chi connectivity index (χ1v) is 3.44. The standard InChI is InChI=1S/C9H7N2/c1-2-4-8(5-3-1)9-6-10-11-7-9/h1-6H,(H,10,11). The van der Waals surface area contributed by atoms with Gasteiger partial charge >= 0.3 is 0 Å². The van der Waals surface area contributed by atoms with Gasteiger partial charge in [0.2, 0.25) is 0 Å². The molecule has 2 aromatic rings. The Kier molecular flexibility index (Phi) is 1.44. The second kappa shape index (κ2) is 2.58. The minimum atomic E-state index is 1.01. The summed E-state index contributed by atoms with van der Waals surface area (Å²) in [6, 6.07) is 10.0. The van der Waals surface area contributed by atoms with Crippen molar-refractivity contribution in [2.75, 3.05) is 0 Å². The van der Waals surface area contributed by atoms with Crippen molar-refractivity contribution in [2.45, 2.75) is 0 Å². The van der Waals surface area contributed by atoms with Gasteiger partial charge in [-0.05, 0) is 5.56 Å². The lowest BCUT2D eigenvalue weighted by Crippen LogP contribution is -1.70. The average molecular weight is 143 g/mol. The molecule has 0 atom stereocenters. The summed E-state index contributed by atoms with van der Waals surface area (Å²) < 4.78 is 0. The number of H-pyrrole nitrogens is 1. The molecule has 53 valence electrons. The molecule has 1 N–H and O–H groups in total. The van der Waals surface area contributed by atoms with E-state index in [4.69, 9.17) is 0 Å². The third-order valence-corrected chi connectivity index (χ3v) is 1.53. The minimum Gasteiger partial charge on any atom is -0.284 e. The molecule has 0 spiro atoms. The van der Waals surface area contributed by atoms with Crippen LogP contribution in [0.3, 0.4) is 0 Å². The smallest absolute Gasteiger partial charge is 0.121 e. The molecule has 1 heterocycles. The van der Waals surface area contributed by atoms with Crippen LogP contribution >= 0.6 is 0 Å². The third-order valence-electron chi connectivity index (χ3n) is 1.53. The highest BCUT2D eigenvalue weighted by atomic mass is 15.1. The molecule has 11 heavy (non-hydrogen) atoms. The van der Waals surface area contributed by atoms with Crippen molar-refractivity contribution in [1.82, 2.24) is 10.2 Å². The quantitative estimate of drug-likeness (QED) is 0.648. The van der Waals surface area contributed by atoms with Crippen molar-refractivity contribution < 1.29 is 0 Å². The highest BCUT2D eigenvalue weighted by Crippen LogP contribution is 2.14. The minimum absolute atomic E-state index is 1.01. The van der Waals surface area contributed by atoms with Gasteiger partial charge in [0.15, 0.2) is 0 Å². The predicted octanol–water partition coefficient (Wildman–Crippen LogP) is 1.88. The zero-order valence-corrected chi connectivity index (χ0v) is 5.91. The fraction of sp³-hybridized carbons (Fsp3) is 0. The zero-order valence-electron chi connectivity index (χ0n) is 5.91. The van der Waals surface area contributed by atoms with Gasteiger partial charge in [-0.15, -0.1) is 0 Å². The molecule has 0 amide bonds. The van der Waals surface area contributed by atoms with Crippen molar-refractivity contribution >= 4 is 0 Å². The number of aromatic nitrogens is 2. The van der Waals surface area contributed by atoms with Crippen molar-refractivity contribution in [3.8, 4) is 11.1 Å². The summed E-state index contributed by atoms with van der Waals surface area (Å²) in [4.78, 5) is 0. The molecule has 0 fully saturated rings. The van der Waals surface area contributed by atoms with Gasteiger partial charge in [0.25, 0.3) is 0 Å². The van der Waals surface area contributed by atoms with Crippen molar-refractivity contribution in [1.29, 1.82) is 0 Å². The number of hydrogen-bond acceptors (Lipinski definition) is 1. The van der Waals surface area contributed by atoms with Crippen LogP contribution in [0, 0.1) is 6.20 Å². The van der Waals surface area contributed by atoms with Gasteiger partial charge in [-0.25, -0.2) is 0 Å². The largest absolute Gasteiger partial charge is 0.284 e. The Hall–Kier alpha value is -1.57. The SMILES string of the molecule is [c]1n[nH]cc1-c1ccccc1. The Morgan fingerprint density at radius 1 is 1.18 bits per heavy atom. The molecule has 0 saturated heterocycles. The summed E-state index contributed by atoms with van der Waals surface area (Å²) in [6.07, 6.45) is 4.68. The number of rotatable bonds is 1. The monoisotopic (exact) mass is 143 g/mol. The summed E-state index contributed by atoms with van der Waals surface area (Å²) in [5, 5.41) is 6.47. The summed E-state index contributed by atoms with van der Waals surface area (Å²) in [5.74, 6) is 0. The van der Waals surface area contributed by atoms with Crippen LogP contribution in [-0.2, 0) is 0 Å². The first-order chi connectivity index (χ1) is 5.47. The van der Waals surface area contributed by atoms with E-state index in [0.717, 1.165) is 11.1 Å². The highest BCUT2D eigenvalue weighted by molar-refractivity contribution is 5.60. The van der Waals surface area contributed by atoms with E-state index in [-0.39, 0.29) is 0 Å². The zero-order chi connectivity index (χ0) is 7.52. The van der Waals surface area contributed by atoms with E-state index in [0.29, 0.717) is 0 Å². The lowest BCUT2D eigenvalue weighted by Gasteiger charge is -1.91. The maximum atomic E-state index is 3.75. The number of nitrogens with zero attached hydrogens (tertiary/aromatic N) is 1. The van der Waals surface area contributed by atoms with Crippen LogP contribution in [0.15, 0.2) is 36.5 Å². The van der Waals surface area contributed by atoms with Crippen LogP contribution in [0.2, 0.25) is 0 Å². The second-order valence-electron chi connectivity index (χ2n) is 2.28. The Morgan fingerprint density at radius 2 is 2.00 bits per heavy atom. The number of aromatic amines is 1. The first-order valence-electron chi connectivity index (χ1n) is 3.44. The van der Waals surface area contributed by atoms with Crippen molar-refractivity contribution in [3.05, 3.63) is 42.7 Å². The number of benzene rings is 1. The molecule has 2 heteroatoms. The van der Waals surface area contributed by atoms with E-state index in [2.05, 4.69) is 16.4 Å². The summed E-state index contributed by atoms with van der Waals surface area (Å²) in [7, 11) is 0. The number of hydrogen-bond donors (Lipinski definition) is 1. The summed E-state index contributed by atoms with van der Waals surface area (Å²) >= 11 is 0. The van der Waals surface area contributed by atoms with E-state index in [1.165, 1.54) is 0 Å². The average Bonchev–Trinajstić information content (AvgIpc) is 2.58. The van der Waals surface area contributed by atoms with Gasteiger partial charge in [0, 0.05) is 11.8 Å². The Bertz CT molecular complexity index is 311. The number of nitrogens with one attached hydrogen (secondary N) is 1. The van der Waals surface area contributed by atoms with Crippen LogP contribution in [0.1, 0.15) is 0 Å². The van der Waals surface area contributed by atoms with Crippen LogP contribution in [0.4, 0.5) is 0 Å². The molecule has 1 aromatic carbocycles. The molecule has 2 nitrogen and oxygen atoms in total. The van der Waals surface area contributed by atoms with Gasteiger partial charge in [-0.2, -0.15) is 5.10 Å². The van der Waals surface area contributed by atoms with Gasteiger partial charge in [0.05, 0.1) is 0 Å². The molecule has 0 saturated carbocycles. The summed E-state index contributed by atoms with van der Waals surface area (Å²) in [6.45, 7) is 0. The van der Waals surface area contributed by atoms with E-state index >= 15 is 0 Å². The third kappa shape index (κ3) is 1.15. The van der Waals surface area contributed by atoms with E-state index in [1.54, 1.807) is 0 Å². The Morgan fingerprint density at radius 3 is 2.64 bits per heavy atom. The lowest BCUT2D eigenvalue weighted by molar-refractivity contribution is 1.08. The second-order valence-corrected chi connectivity index (χ2v) is 2.28. The fourth-order valence-electron chi connectivity index (χ4n) is 0.987. The van der Waals surface area contributed by atoms with Gasteiger partial charge in [0.1, 0.15) is 6.20 Å². The van der Waals surface area contributed by atoms with Crippen LogP contribution < -0.4 is 0 Å². The first kappa shape index (κ1) is 6.16. The summed E-state index contributed by atoms with van der Waals surface area (Å²) in [5.41, 5.74) is 2.15. The highest BCUT2D eigenvalue weighted by Gasteiger charge is 1.95. The molecule has 0 aliphatic rings. The van der Waals surface area contributed by atoms with Gasteiger partial charge < -0.3 is 0 Å². The van der Waals surface area contributed by atoms with Crippen molar-refractivity contribution in [2.24, 2.45) is 0 Å². The van der Waals surface area contributed by atoms with Gasteiger partial charge in [-0.3, -0.25) is 5.10 Å². The van der Waals surface area contributed by atoms with E-state index in [1.807, 2.05) is 36.5 Å². The molecule has 2 rings (SSSR count). The molecule has 0 aliphatic carbocycles. The molecular formula is C9H7N2. The molecule has 0 bridgehead atoms. The molecular weight excluding hydrogens is 136 g/mol. The predicted molar refractivity (Wildman–Crippen MR) is 42.9 cm³/mol. The van der Waals surface area contributed by atoms with Crippen LogP contribution in [0.25, 0.3) is 11.1 Å². The maximum absolute atomic E-state index is 3.75. The molecule has 0 aliphatic heterocycles. The topological polar surface area (TPSA) is 28.7 Å². The lowest BCUT2D eigenvalue weighted by atomic mass is 10.1. The normalized spacial score (nSPS) is 9.82. The fourth-order valence-corrected chi connectivity index (χ4v) is 0.987. The van der Waals surface area contributed by atoms with Gasteiger partial charge in [-0.1, -0.05) is 30.3 Å². The molecule has 1 radical (unpaired) electrons. The van der Waals surface area contributed by atoms with Crippen LogP contribution in [-0.4, -0.2) is 10.2 Å². The van der Waals surface area contributed by atoms with Crippen molar-refractivity contribution in [3.63, 3.8) is 0 Å². The molecule has 0 unspecified atom stereocenters. The van der Waals surface area contributed by atoms with E-state index in [9.17, 15) is 0 Å². The van der Waals surface area contributed by atoms with E-state index < -0.39 is 0 Å². The maximum Gasteiger partial charge on any atom is 0.121 e. The van der Waals surface area contributed by atoms with Crippen LogP contribution in [0.5, 0.6) is 0 Å². The Balaban J connectivity index is 2.46. The molecule has 1 aromatic heterocycles.